The topological polar surface area (TPSA) is 61.4 Å². The van der Waals surface area contributed by atoms with E-state index in [0.29, 0.717) is 22.2 Å². The lowest BCUT2D eigenvalue weighted by molar-refractivity contribution is -0.117. The summed E-state index contributed by atoms with van der Waals surface area (Å²) in [5, 5.41) is 6.81. The van der Waals surface area contributed by atoms with Crippen LogP contribution in [0.4, 0.5) is 17.1 Å². The average Bonchev–Trinajstić information content (AvgIpc) is 3.04. The predicted molar refractivity (Wildman–Crippen MR) is 106 cm³/mol. The fourth-order valence-electron chi connectivity index (χ4n) is 2.81. The van der Waals surface area contributed by atoms with Crippen LogP contribution in [0.25, 0.3) is 0 Å². The van der Waals surface area contributed by atoms with Crippen LogP contribution in [0.5, 0.6) is 0 Å². The van der Waals surface area contributed by atoms with E-state index < -0.39 is 6.04 Å². The third-order valence-corrected chi connectivity index (χ3v) is 4.77. The highest BCUT2D eigenvalue weighted by Gasteiger charge is 2.21. The molecule has 2 N–H and O–H groups in total. The number of amides is 2. The summed E-state index contributed by atoms with van der Waals surface area (Å²) in [4.78, 5) is 25.9. The van der Waals surface area contributed by atoms with Crippen LogP contribution in [0, 0.1) is 0 Å². The number of rotatable bonds is 5. The first-order valence-corrected chi connectivity index (χ1v) is 9.12. The van der Waals surface area contributed by atoms with Gasteiger partial charge in [-0.25, -0.2) is 0 Å². The second kappa shape index (κ2) is 7.98. The van der Waals surface area contributed by atoms with Gasteiger partial charge < -0.3 is 15.5 Å². The summed E-state index contributed by atoms with van der Waals surface area (Å²) in [7, 11) is 0. The van der Waals surface area contributed by atoms with Crippen molar-refractivity contribution in [3.8, 4) is 0 Å². The van der Waals surface area contributed by atoms with Crippen LogP contribution in [0.2, 0.25) is 10.0 Å². The van der Waals surface area contributed by atoms with Crippen molar-refractivity contribution in [2.24, 2.45) is 0 Å². The third-order valence-electron chi connectivity index (χ3n) is 4.22. The molecule has 1 aliphatic heterocycles. The van der Waals surface area contributed by atoms with Gasteiger partial charge in [-0.15, -0.1) is 0 Å². The maximum Gasteiger partial charge on any atom is 0.246 e. The molecule has 1 aliphatic rings. The molecule has 1 saturated heterocycles. The number of anilines is 3. The molecule has 5 nitrogen and oxygen atoms in total. The van der Waals surface area contributed by atoms with Crippen molar-refractivity contribution in [2.75, 3.05) is 22.1 Å². The molecule has 3 rings (SSSR count). The number of hydrogen-bond acceptors (Lipinski definition) is 3. The molecule has 0 bridgehead atoms. The maximum absolute atomic E-state index is 12.4. The van der Waals surface area contributed by atoms with Crippen LogP contribution in [-0.4, -0.2) is 24.4 Å². The Kier molecular flexibility index (Phi) is 5.69. The molecule has 26 heavy (non-hydrogen) atoms. The van der Waals surface area contributed by atoms with Crippen molar-refractivity contribution in [1.82, 2.24) is 0 Å². The summed E-state index contributed by atoms with van der Waals surface area (Å²) >= 11 is 11.9. The number of carbonyl (C=O) groups is 2. The summed E-state index contributed by atoms with van der Waals surface area (Å²) in [5.41, 5.74) is 2.19. The average molecular weight is 392 g/mol. The van der Waals surface area contributed by atoms with Crippen LogP contribution in [0.3, 0.4) is 0 Å². The Hall–Kier alpha value is -2.24. The summed E-state index contributed by atoms with van der Waals surface area (Å²) in [6.45, 7) is 2.52. The highest BCUT2D eigenvalue weighted by atomic mass is 35.5. The van der Waals surface area contributed by atoms with Crippen LogP contribution in [0.15, 0.2) is 42.5 Å². The standard InChI is InChI=1S/C19H19Cl2N3O2/c1-12(19(26)23-17-9-4-13(20)11-16(17)21)22-14-5-7-15(8-6-14)24-10-2-3-18(24)25/h4-9,11-12,22H,2-3,10H2,1H3,(H,23,26). The Morgan fingerprint density at radius 3 is 2.50 bits per heavy atom. The Bertz CT molecular complexity index is 824. The van der Waals surface area contributed by atoms with Crippen molar-refractivity contribution in [1.29, 1.82) is 0 Å². The molecule has 0 radical (unpaired) electrons. The van der Waals surface area contributed by atoms with Crippen LogP contribution in [-0.2, 0) is 9.59 Å². The van der Waals surface area contributed by atoms with Gasteiger partial charge >= 0.3 is 0 Å². The fourth-order valence-corrected chi connectivity index (χ4v) is 3.26. The minimum atomic E-state index is -0.471. The van der Waals surface area contributed by atoms with Gasteiger partial charge in [0.2, 0.25) is 11.8 Å². The lowest BCUT2D eigenvalue weighted by atomic mass is 10.2. The van der Waals surface area contributed by atoms with Gasteiger partial charge in [-0.2, -0.15) is 0 Å². The Balaban J connectivity index is 1.61. The summed E-state index contributed by atoms with van der Waals surface area (Å²) in [5.74, 6) is -0.0636. The SMILES string of the molecule is CC(Nc1ccc(N2CCCC2=O)cc1)C(=O)Nc1ccc(Cl)cc1Cl. The fraction of sp³-hybridized carbons (Fsp3) is 0.263. The van der Waals surface area contributed by atoms with Crippen LogP contribution >= 0.6 is 23.2 Å². The molecular formula is C19H19Cl2N3O2. The zero-order valence-electron chi connectivity index (χ0n) is 14.3. The second-order valence-corrected chi connectivity index (χ2v) is 7.02. The zero-order chi connectivity index (χ0) is 18.7. The number of nitrogens with one attached hydrogen (secondary N) is 2. The molecule has 136 valence electrons. The molecular weight excluding hydrogens is 373 g/mol. The molecule has 1 heterocycles. The van der Waals surface area contributed by atoms with E-state index in [1.165, 1.54) is 0 Å². The van der Waals surface area contributed by atoms with Gasteiger partial charge in [0.1, 0.15) is 6.04 Å². The van der Waals surface area contributed by atoms with Crippen molar-refractivity contribution in [3.63, 3.8) is 0 Å². The molecule has 1 fully saturated rings. The molecule has 0 aromatic heterocycles. The highest BCUT2D eigenvalue weighted by molar-refractivity contribution is 6.36. The van der Waals surface area contributed by atoms with Gasteiger partial charge in [0.25, 0.3) is 0 Å². The normalized spacial score (nSPS) is 15.0. The third kappa shape index (κ3) is 4.29. The summed E-state index contributed by atoms with van der Waals surface area (Å²) in [6.07, 6.45) is 1.49. The number of carbonyl (C=O) groups excluding carboxylic acids is 2. The van der Waals surface area contributed by atoms with Gasteiger partial charge in [0.15, 0.2) is 0 Å². The molecule has 2 aromatic carbocycles. The number of hydrogen-bond donors (Lipinski definition) is 2. The number of benzene rings is 2. The molecule has 0 aliphatic carbocycles. The zero-order valence-corrected chi connectivity index (χ0v) is 15.8. The summed E-state index contributed by atoms with van der Waals surface area (Å²) < 4.78 is 0. The molecule has 7 heteroatoms. The quantitative estimate of drug-likeness (QED) is 0.784. The van der Waals surface area contributed by atoms with Gasteiger partial charge in [-0.3, -0.25) is 9.59 Å². The largest absolute Gasteiger partial charge is 0.374 e. The highest BCUT2D eigenvalue weighted by Crippen LogP contribution is 2.26. The molecule has 2 aromatic rings. The van der Waals surface area contributed by atoms with Crippen molar-refractivity contribution in [2.45, 2.75) is 25.8 Å². The van der Waals surface area contributed by atoms with E-state index in [-0.39, 0.29) is 11.8 Å². The van der Waals surface area contributed by atoms with Crippen molar-refractivity contribution in [3.05, 3.63) is 52.5 Å². The van der Waals surface area contributed by atoms with Gasteiger partial charge in [0, 0.05) is 29.4 Å². The van der Waals surface area contributed by atoms with E-state index >= 15 is 0 Å². The van der Waals surface area contributed by atoms with E-state index in [1.807, 2.05) is 24.3 Å². The first-order chi connectivity index (χ1) is 12.4. The van der Waals surface area contributed by atoms with E-state index in [0.717, 1.165) is 24.3 Å². The van der Waals surface area contributed by atoms with Crippen LogP contribution < -0.4 is 15.5 Å². The Morgan fingerprint density at radius 1 is 1.15 bits per heavy atom. The first kappa shape index (κ1) is 18.5. The first-order valence-electron chi connectivity index (χ1n) is 8.37. The van der Waals surface area contributed by atoms with E-state index in [4.69, 9.17) is 23.2 Å². The molecule has 0 spiro atoms. The minimum Gasteiger partial charge on any atom is -0.374 e. The van der Waals surface area contributed by atoms with E-state index in [1.54, 1.807) is 30.0 Å². The molecule has 0 saturated carbocycles. The lowest BCUT2D eigenvalue weighted by Crippen LogP contribution is -2.32. The van der Waals surface area contributed by atoms with Crippen molar-refractivity contribution < 1.29 is 9.59 Å². The minimum absolute atomic E-state index is 0.151. The monoisotopic (exact) mass is 391 g/mol. The Labute approximate surface area is 162 Å². The summed E-state index contributed by atoms with van der Waals surface area (Å²) in [6, 6.07) is 11.9. The van der Waals surface area contributed by atoms with Gasteiger partial charge in [-0.05, 0) is 55.8 Å². The van der Waals surface area contributed by atoms with Crippen LogP contribution in [0.1, 0.15) is 19.8 Å². The van der Waals surface area contributed by atoms with E-state index in [9.17, 15) is 9.59 Å². The molecule has 1 unspecified atom stereocenters. The predicted octanol–water partition coefficient (Wildman–Crippen LogP) is 4.56. The van der Waals surface area contributed by atoms with Gasteiger partial charge in [0.05, 0.1) is 10.7 Å². The van der Waals surface area contributed by atoms with E-state index in [2.05, 4.69) is 10.6 Å². The number of halogens is 2. The van der Waals surface area contributed by atoms with Crippen molar-refractivity contribution >= 4 is 52.1 Å². The molecule has 2 amide bonds. The second-order valence-electron chi connectivity index (χ2n) is 6.18. The lowest BCUT2D eigenvalue weighted by Gasteiger charge is -2.18. The maximum atomic E-state index is 12.4. The molecule has 1 atom stereocenters. The van der Waals surface area contributed by atoms with Gasteiger partial charge in [-0.1, -0.05) is 23.2 Å². The Morgan fingerprint density at radius 2 is 1.88 bits per heavy atom. The number of nitrogens with zero attached hydrogens (tertiary/aromatic N) is 1. The smallest absolute Gasteiger partial charge is 0.246 e.